The molecule has 0 amide bonds. The number of aromatic carboxylic acids is 2. The Labute approximate surface area is 207 Å². The van der Waals surface area contributed by atoms with Crippen LogP contribution >= 0.6 is 0 Å². The molecule has 0 aliphatic carbocycles. The minimum absolute atomic E-state index is 0. The third kappa shape index (κ3) is 12.2. The Hall–Kier alpha value is -0.0400. The predicted molar refractivity (Wildman–Crippen MR) is 112 cm³/mol. The summed E-state index contributed by atoms with van der Waals surface area (Å²) in [4.78, 5) is 22.3. The van der Waals surface area contributed by atoms with Gasteiger partial charge in [-0.15, -0.1) is 0 Å². The first-order valence-corrected chi connectivity index (χ1v) is 9.32. The van der Waals surface area contributed by atoms with Crippen molar-refractivity contribution in [2.24, 2.45) is 0 Å². The van der Waals surface area contributed by atoms with Crippen LogP contribution in [0.25, 0.3) is 0 Å². The van der Waals surface area contributed by atoms with Crippen LogP contribution in [0.5, 0.6) is 0 Å². The normalized spacial score (nSPS) is 11.0. The SMILES string of the molecule is CCCCCCCCCCC(C)Nc1ccc(C(=O)O)c(C(=O)O)c1.[Na].[Na]. The van der Waals surface area contributed by atoms with Gasteiger partial charge >= 0.3 is 11.9 Å². The fourth-order valence-corrected chi connectivity index (χ4v) is 2.94. The van der Waals surface area contributed by atoms with Crippen LogP contribution in [0.2, 0.25) is 0 Å². The Kier molecular flexibility index (Phi) is 18.2. The van der Waals surface area contributed by atoms with Gasteiger partial charge in [-0.25, -0.2) is 9.59 Å². The molecule has 1 rings (SSSR count). The molecule has 142 valence electrons. The fraction of sp³-hybridized carbons (Fsp3) is 0.600. The first-order valence-electron chi connectivity index (χ1n) is 9.32. The van der Waals surface area contributed by atoms with E-state index < -0.39 is 11.9 Å². The zero-order valence-corrected chi connectivity index (χ0v) is 21.4. The van der Waals surface area contributed by atoms with Crippen molar-refractivity contribution in [2.45, 2.75) is 77.7 Å². The number of carboxylic acid groups (broad SMARTS) is 2. The topological polar surface area (TPSA) is 86.6 Å². The van der Waals surface area contributed by atoms with Crippen molar-refractivity contribution in [3.63, 3.8) is 0 Å². The molecule has 1 unspecified atom stereocenters. The maximum Gasteiger partial charge on any atom is 0.336 e. The van der Waals surface area contributed by atoms with Gasteiger partial charge in [0.25, 0.3) is 0 Å². The first kappa shape index (κ1) is 29.2. The summed E-state index contributed by atoms with van der Waals surface area (Å²) in [7, 11) is 0. The Balaban J connectivity index is 0. The summed E-state index contributed by atoms with van der Waals surface area (Å²) in [6.45, 7) is 4.29. The van der Waals surface area contributed by atoms with Gasteiger partial charge in [0.2, 0.25) is 0 Å². The minimum Gasteiger partial charge on any atom is -0.478 e. The van der Waals surface area contributed by atoms with Gasteiger partial charge in [0.05, 0.1) is 11.1 Å². The van der Waals surface area contributed by atoms with E-state index >= 15 is 0 Å². The minimum atomic E-state index is -1.23. The number of carboxylic acids is 2. The van der Waals surface area contributed by atoms with Crippen molar-refractivity contribution in [2.75, 3.05) is 5.32 Å². The summed E-state index contributed by atoms with van der Waals surface area (Å²) in [6, 6.07) is 4.59. The van der Waals surface area contributed by atoms with Crippen LogP contribution < -0.4 is 5.32 Å². The molecule has 0 aliphatic heterocycles. The van der Waals surface area contributed by atoms with Crippen LogP contribution in [0, 0.1) is 0 Å². The van der Waals surface area contributed by atoms with Gasteiger partial charge in [-0.1, -0.05) is 58.3 Å². The van der Waals surface area contributed by atoms with Gasteiger partial charge in [0.15, 0.2) is 0 Å². The molecule has 0 heterocycles. The predicted octanol–water partition coefficient (Wildman–Crippen LogP) is 4.65. The number of carbonyl (C=O) groups is 2. The molecule has 0 saturated carbocycles. The van der Waals surface area contributed by atoms with Crippen LogP contribution in [0.4, 0.5) is 5.69 Å². The third-order valence-electron chi connectivity index (χ3n) is 4.38. The number of benzene rings is 1. The van der Waals surface area contributed by atoms with Crippen molar-refractivity contribution in [1.29, 1.82) is 0 Å². The van der Waals surface area contributed by atoms with Gasteiger partial charge in [-0.3, -0.25) is 0 Å². The van der Waals surface area contributed by atoms with E-state index in [0.29, 0.717) is 5.69 Å². The largest absolute Gasteiger partial charge is 0.478 e. The first-order chi connectivity index (χ1) is 12.0. The number of unbranched alkanes of at least 4 members (excludes halogenated alkanes) is 7. The second kappa shape index (κ2) is 16.9. The Morgan fingerprint density at radius 2 is 1.41 bits per heavy atom. The van der Waals surface area contributed by atoms with E-state index in [0.717, 1.165) is 12.8 Å². The number of anilines is 1. The molecule has 1 aromatic carbocycles. The summed E-state index contributed by atoms with van der Waals surface area (Å²) >= 11 is 0. The molecule has 0 fully saturated rings. The molecule has 0 aromatic heterocycles. The van der Waals surface area contributed by atoms with Crippen LogP contribution in [0.1, 0.15) is 92.4 Å². The van der Waals surface area contributed by atoms with Crippen LogP contribution in [-0.4, -0.2) is 87.3 Å². The van der Waals surface area contributed by atoms with Gasteiger partial charge in [0.1, 0.15) is 0 Å². The smallest absolute Gasteiger partial charge is 0.336 e. The average molecular weight is 395 g/mol. The van der Waals surface area contributed by atoms with Crippen LogP contribution in [0.15, 0.2) is 18.2 Å². The fourth-order valence-electron chi connectivity index (χ4n) is 2.94. The molecule has 27 heavy (non-hydrogen) atoms. The average Bonchev–Trinajstić information content (AvgIpc) is 2.57. The summed E-state index contributed by atoms with van der Waals surface area (Å²) in [5.74, 6) is -2.45. The van der Waals surface area contributed by atoms with Crippen molar-refractivity contribution >= 4 is 76.7 Å². The van der Waals surface area contributed by atoms with Crippen molar-refractivity contribution in [3.05, 3.63) is 29.3 Å². The Bertz CT molecular complexity index is 567. The van der Waals surface area contributed by atoms with Gasteiger partial charge in [0, 0.05) is 70.8 Å². The zero-order valence-electron chi connectivity index (χ0n) is 17.4. The number of rotatable bonds is 13. The molecular weight excluding hydrogens is 364 g/mol. The van der Waals surface area contributed by atoms with E-state index in [1.54, 1.807) is 6.07 Å². The molecule has 0 aliphatic rings. The van der Waals surface area contributed by atoms with Crippen molar-refractivity contribution in [3.8, 4) is 0 Å². The maximum absolute atomic E-state index is 11.2. The Morgan fingerprint density at radius 1 is 0.889 bits per heavy atom. The van der Waals surface area contributed by atoms with E-state index in [4.69, 9.17) is 10.2 Å². The molecule has 3 N–H and O–H groups in total. The summed E-state index contributed by atoms with van der Waals surface area (Å²) in [5.41, 5.74) is 0.278. The van der Waals surface area contributed by atoms with Crippen LogP contribution in [0.3, 0.4) is 0 Å². The van der Waals surface area contributed by atoms with E-state index in [1.807, 2.05) is 0 Å². The second-order valence-corrected chi connectivity index (χ2v) is 6.68. The number of hydrogen-bond acceptors (Lipinski definition) is 3. The molecule has 2 radical (unpaired) electrons. The van der Waals surface area contributed by atoms with E-state index in [-0.39, 0.29) is 76.3 Å². The Morgan fingerprint density at radius 3 is 1.93 bits per heavy atom. The quantitative estimate of drug-likeness (QED) is 0.334. The van der Waals surface area contributed by atoms with E-state index in [1.165, 1.54) is 57.1 Å². The van der Waals surface area contributed by atoms with Gasteiger partial charge in [-0.2, -0.15) is 0 Å². The molecular formula is C20H31NNa2O4. The molecule has 0 saturated heterocycles. The molecule has 5 nitrogen and oxygen atoms in total. The monoisotopic (exact) mass is 395 g/mol. The standard InChI is InChI=1S/C20H31NO4.2Na/c1-3-4-5-6-7-8-9-10-11-15(2)21-16-12-13-17(19(22)23)18(14-16)20(24)25;;/h12-15,21H,3-11H2,1-2H3,(H,22,23)(H,24,25);;. The van der Waals surface area contributed by atoms with Gasteiger partial charge in [-0.05, 0) is 31.5 Å². The number of hydrogen-bond donors (Lipinski definition) is 3. The summed E-state index contributed by atoms with van der Waals surface area (Å²) < 4.78 is 0. The van der Waals surface area contributed by atoms with Crippen LogP contribution in [-0.2, 0) is 0 Å². The van der Waals surface area contributed by atoms with E-state index in [2.05, 4.69) is 19.2 Å². The zero-order chi connectivity index (χ0) is 18.7. The summed E-state index contributed by atoms with van der Waals surface area (Å²) in [5, 5.41) is 21.5. The van der Waals surface area contributed by atoms with E-state index in [9.17, 15) is 9.59 Å². The third-order valence-corrected chi connectivity index (χ3v) is 4.38. The molecule has 0 spiro atoms. The maximum atomic E-state index is 11.2. The van der Waals surface area contributed by atoms with Gasteiger partial charge < -0.3 is 15.5 Å². The number of nitrogens with one attached hydrogen (secondary N) is 1. The second-order valence-electron chi connectivity index (χ2n) is 6.68. The molecule has 1 atom stereocenters. The molecule has 0 bridgehead atoms. The van der Waals surface area contributed by atoms with Crippen molar-refractivity contribution in [1.82, 2.24) is 0 Å². The summed E-state index contributed by atoms with van der Waals surface area (Å²) in [6.07, 6.45) is 11.2. The molecule has 7 heteroatoms. The van der Waals surface area contributed by atoms with Crippen molar-refractivity contribution < 1.29 is 19.8 Å². The molecule has 1 aromatic rings.